The van der Waals surface area contributed by atoms with Crippen molar-refractivity contribution in [3.63, 3.8) is 0 Å². The highest BCUT2D eigenvalue weighted by Crippen LogP contribution is 2.30. The zero-order valence-electron chi connectivity index (χ0n) is 14.8. The molecule has 3 rings (SSSR count). The highest BCUT2D eigenvalue weighted by molar-refractivity contribution is 7.99. The van der Waals surface area contributed by atoms with E-state index in [4.69, 9.17) is 29.0 Å². The first kappa shape index (κ1) is 20.0. The van der Waals surface area contributed by atoms with Crippen LogP contribution >= 0.6 is 35.0 Å². The number of carbonyl (C=O) groups is 1. The summed E-state index contributed by atoms with van der Waals surface area (Å²) >= 11 is 13.3. The number of nitrogens with zero attached hydrogens (tertiary/aromatic N) is 3. The molecule has 144 valence electrons. The minimum Gasteiger partial charge on any atom is -0.355 e. The average molecular weight is 426 g/mol. The summed E-state index contributed by atoms with van der Waals surface area (Å²) in [5.74, 6) is 6.66. The lowest BCUT2D eigenvalue weighted by Crippen LogP contribution is -2.27. The van der Waals surface area contributed by atoms with Crippen LogP contribution in [0.3, 0.4) is 0 Å². The van der Waals surface area contributed by atoms with Gasteiger partial charge in [0.25, 0.3) is 0 Å². The normalized spacial score (nSPS) is 14.1. The summed E-state index contributed by atoms with van der Waals surface area (Å²) in [5, 5.41) is 12.5. The number of benzene rings is 1. The molecule has 2 aromatic rings. The Balaban J connectivity index is 1.51. The second kappa shape index (κ2) is 9.48. The van der Waals surface area contributed by atoms with Crippen molar-refractivity contribution in [3.8, 4) is 11.4 Å². The van der Waals surface area contributed by atoms with Crippen LogP contribution < -0.4 is 11.2 Å². The molecule has 1 aliphatic rings. The van der Waals surface area contributed by atoms with Gasteiger partial charge in [-0.1, -0.05) is 46.6 Å². The van der Waals surface area contributed by atoms with Crippen molar-refractivity contribution in [3.05, 3.63) is 39.9 Å². The van der Waals surface area contributed by atoms with Gasteiger partial charge in [0.05, 0.1) is 10.8 Å². The Morgan fingerprint density at radius 3 is 2.89 bits per heavy atom. The number of nitrogens with two attached hydrogens (primary N) is 1. The number of halogens is 2. The summed E-state index contributed by atoms with van der Waals surface area (Å²) in [7, 11) is 0. The Kier molecular flexibility index (Phi) is 7.04. The molecule has 0 unspecified atom stereocenters. The minimum absolute atomic E-state index is 0.0505. The van der Waals surface area contributed by atoms with Gasteiger partial charge < -0.3 is 11.2 Å². The fourth-order valence-electron chi connectivity index (χ4n) is 2.91. The fraction of sp³-hybridized carbons (Fsp3) is 0.389. The van der Waals surface area contributed by atoms with Crippen molar-refractivity contribution in [2.45, 2.75) is 37.3 Å². The van der Waals surface area contributed by atoms with Crippen LogP contribution in [0.1, 0.15) is 32.1 Å². The van der Waals surface area contributed by atoms with E-state index in [-0.39, 0.29) is 11.7 Å². The standard InChI is InChI=1S/C18H21Cl2N5OS/c19-13-6-7-14(15(20)10-13)17-23-24-18(25(17)21)27-11-16(26)22-9-8-12-4-2-1-3-5-12/h4,6-7,10H,1-3,5,8-9,11,21H2,(H,22,26). The fourth-order valence-corrected chi connectivity index (χ4v) is 4.08. The summed E-state index contributed by atoms with van der Waals surface area (Å²) in [6.45, 7) is 0.659. The van der Waals surface area contributed by atoms with E-state index in [9.17, 15) is 4.79 Å². The number of allylic oxidation sites excluding steroid dienone is 1. The average Bonchev–Trinajstić information content (AvgIpc) is 3.01. The lowest BCUT2D eigenvalue weighted by molar-refractivity contribution is -0.118. The predicted molar refractivity (Wildman–Crippen MR) is 111 cm³/mol. The van der Waals surface area contributed by atoms with E-state index in [0.29, 0.717) is 33.1 Å². The maximum Gasteiger partial charge on any atom is 0.230 e. The molecule has 1 heterocycles. The van der Waals surface area contributed by atoms with Gasteiger partial charge in [-0.15, -0.1) is 10.2 Å². The molecule has 0 fully saturated rings. The van der Waals surface area contributed by atoms with Crippen LogP contribution in [0.25, 0.3) is 11.4 Å². The molecule has 1 aliphatic carbocycles. The molecule has 1 aromatic heterocycles. The van der Waals surface area contributed by atoms with Crippen molar-refractivity contribution < 1.29 is 4.79 Å². The van der Waals surface area contributed by atoms with Gasteiger partial charge in [0.2, 0.25) is 11.1 Å². The van der Waals surface area contributed by atoms with Crippen molar-refractivity contribution >= 4 is 40.9 Å². The first-order chi connectivity index (χ1) is 13.0. The highest BCUT2D eigenvalue weighted by Gasteiger charge is 2.16. The minimum atomic E-state index is -0.0505. The largest absolute Gasteiger partial charge is 0.355 e. The number of carbonyl (C=O) groups excluding carboxylic acids is 1. The highest BCUT2D eigenvalue weighted by atomic mass is 35.5. The van der Waals surface area contributed by atoms with Gasteiger partial charge in [-0.2, -0.15) is 0 Å². The quantitative estimate of drug-likeness (QED) is 0.396. The third-order valence-electron chi connectivity index (χ3n) is 4.32. The van der Waals surface area contributed by atoms with Gasteiger partial charge >= 0.3 is 0 Å². The molecule has 3 N–H and O–H groups in total. The zero-order valence-corrected chi connectivity index (χ0v) is 17.1. The molecule has 27 heavy (non-hydrogen) atoms. The molecule has 0 saturated carbocycles. The summed E-state index contributed by atoms with van der Waals surface area (Å²) in [4.78, 5) is 12.1. The molecule has 9 heteroatoms. The van der Waals surface area contributed by atoms with Crippen molar-refractivity contribution in [2.75, 3.05) is 18.1 Å². The van der Waals surface area contributed by atoms with Gasteiger partial charge in [-0.25, -0.2) is 4.68 Å². The number of aromatic nitrogens is 3. The van der Waals surface area contributed by atoms with E-state index in [0.717, 1.165) is 19.3 Å². The molecule has 1 aromatic carbocycles. The van der Waals surface area contributed by atoms with E-state index in [1.54, 1.807) is 18.2 Å². The van der Waals surface area contributed by atoms with E-state index in [2.05, 4.69) is 21.6 Å². The van der Waals surface area contributed by atoms with E-state index < -0.39 is 0 Å². The Morgan fingerprint density at radius 1 is 1.30 bits per heavy atom. The molecule has 6 nitrogen and oxygen atoms in total. The first-order valence-corrected chi connectivity index (χ1v) is 10.5. The Labute approximate surface area is 172 Å². The monoisotopic (exact) mass is 425 g/mol. The van der Waals surface area contributed by atoms with Gasteiger partial charge in [0.1, 0.15) is 0 Å². The van der Waals surface area contributed by atoms with Crippen LogP contribution in [0.15, 0.2) is 35.0 Å². The summed E-state index contributed by atoms with van der Waals surface area (Å²) in [6.07, 6.45) is 8.05. The van der Waals surface area contributed by atoms with Crippen LogP contribution in [-0.2, 0) is 4.79 Å². The first-order valence-electron chi connectivity index (χ1n) is 8.78. The maximum atomic E-state index is 12.1. The predicted octanol–water partition coefficient (Wildman–Crippen LogP) is 4.06. The number of hydrogen-bond donors (Lipinski definition) is 2. The number of hydrogen-bond acceptors (Lipinski definition) is 5. The van der Waals surface area contributed by atoms with Crippen LogP contribution in [0.5, 0.6) is 0 Å². The van der Waals surface area contributed by atoms with Gasteiger partial charge in [0, 0.05) is 17.1 Å². The molecule has 1 amide bonds. The Morgan fingerprint density at radius 2 is 2.15 bits per heavy atom. The topological polar surface area (TPSA) is 85.8 Å². The molecule has 0 atom stereocenters. The molecule has 0 spiro atoms. The molecule has 0 aliphatic heterocycles. The van der Waals surface area contributed by atoms with Crippen molar-refractivity contribution in [1.82, 2.24) is 20.2 Å². The lowest BCUT2D eigenvalue weighted by Gasteiger charge is -2.12. The van der Waals surface area contributed by atoms with Crippen LogP contribution in [0.2, 0.25) is 10.0 Å². The lowest BCUT2D eigenvalue weighted by atomic mass is 9.97. The van der Waals surface area contributed by atoms with Crippen molar-refractivity contribution in [2.24, 2.45) is 0 Å². The smallest absolute Gasteiger partial charge is 0.230 e. The number of nitrogen functional groups attached to an aromatic ring is 1. The molecular formula is C18H21Cl2N5OS. The SMILES string of the molecule is Nn1c(SCC(=O)NCCC2=CCCCC2)nnc1-c1ccc(Cl)cc1Cl. The number of rotatable bonds is 7. The molecule has 0 bridgehead atoms. The van der Waals surface area contributed by atoms with Crippen LogP contribution in [0, 0.1) is 0 Å². The molecular weight excluding hydrogens is 405 g/mol. The second-order valence-corrected chi connectivity index (χ2v) is 8.08. The van der Waals surface area contributed by atoms with Gasteiger partial charge in [0.15, 0.2) is 5.82 Å². The maximum absolute atomic E-state index is 12.1. The number of amides is 1. The van der Waals surface area contributed by atoms with E-state index in [1.807, 2.05) is 0 Å². The third kappa shape index (κ3) is 5.40. The zero-order chi connectivity index (χ0) is 19.2. The number of nitrogens with one attached hydrogen (secondary N) is 1. The Bertz CT molecular complexity index is 852. The van der Waals surface area contributed by atoms with E-state index in [1.165, 1.54) is 34.9 Å². The summed E-state index contributed by atoms with van der Waals surface area (Å²) in [5.41, 5.74) is 2.08. The summed E-state index contributed by atoms with van der Waals surface area (Å²) in [6, 6.07) is 5.06. The Hall–Kier alpha value is -1.70. The third-order valence-corrected chi connectivity index (χ3v) is 5.81. The van der Waals surface area contributed by atoms with Crippen molar-refractivity contribution in [1.29, 1.82) is 0 Å². The van der Waals surface area contributed by atoms with Crippen LogP contribution in [0.4, 0.5) is 0 Å². The molecule has 0 saturated heterocycles. The molecule has 0 radical (unpaired) electrons. The van der Waals surface area contributed by atoms with Gasteiger partial charge in [-0.05, 0) is 50.3 Å². The van der Waals surface area contributed by atoms with Gasteiger partial charge in [-0.3, -0.25) is 4.79 Å². The number of thioether (sulfide) groups is 1. The summed E-state index contributed by atoms with van der Waals surface area (Å²) < 4.78 is 1.33. The van der Waals surface area contributed by atoms with Crippen LogP contribution in [-0.4, -0.2) is 33.1 Å². The second-order valence-electron chi connectivity index (χ2n) is 6.30. The van der Waals surface area contributed by atoms with E-state index >= 15 is 0 Å².